The Hall–Kier alpha value is -3.60. The molecule has 0 atom stereocenters. The van der Waals surface area contributed by atoms with E-state index in [4.69, 9.17) is 4.74 Å². The van der Waals surface area contributed by atoms with Crippen LogP contribution in [0.1, 0.15) is 47.2 Å². The highest BCUT2D eigenvalue weighted by molar-refractivity contribution is 9.10. The van der Waals surface area contributed by atoms with E-state index in [0.29, 0.717) is 27.6 Å². The van der Waals surface area contributed by atoms with Gasteiger partial charge in [-0.3, -0.25) is 9.59 Å². The van der Waals surface area contributed by atoms with Crippen LogP contribution in [0, 0.1) is 12.3 Å². The number of methoxy groups -OCH3 is 1. The molecule has 0 unspecified atom stereocenters. The Bertz CT molecular complexity index is 1530. The van der Waals surface area contributed by atoms with Crippen LogP contribution in [0.25, 0.3) is 16.5 Å². The lowest BCUT2D eigenvalue weighted by Crippen LogP contribution is -2.57. The number of nitrogens with one attached hydrogen (secondary N) is 1. The number of halogens is 4. The number of pyridine rings is 1. The summed E-state index contributed by atoms with van der Waals surface area (Å²) in [5.41, 5.74) is -0.667. The van der Waals surface area contributed by atoms with Crippen LogP contribution in [-0.4, -0.2) is 41.0 Å². The number of hydrogen-bond donors (Lipinski definition) is 2. The maximum absolute atomic E-state index is 14.0. The number of aromatic nitrogens is 1. The molecule has 1 aromatic heterocycles. The van der Waals surface area contributed by atoms with E-state index in [9.17, 15) is 27.9 Å². The second-order valence-electron chi connectivity index (χ2n) is 9.88. The smallest absolute Gasteiger partial charge is 0.481 e. The third-order valence-electron chi connectivity index (χ3n) is 7.68. The number of ether oxygens (including phenoxy) is 2. The van der Waals surface area contributed by atoms with Gasteiger partial charge >= 0.3 is 12.3 Å². The summed E-state index contributed by atoms with van der Waals surface area (Å²) in [7, 11) is 1.45. The number of benzene rings is 2. The number of rotatable bonds is 6. The lowest BCUT2D eigenvalue weighted by molar-refractivity contribution is -0.274. The Morgan fingerprint density at radius 3 is 2.44 bits per heavy atom. The van der Waals surface area contributed by atoms with E-state index in [0.717, 1.165) is 4.47 Å². The molecule has 0 spiro atoms. The van der Waals surface area contributed by atoms with Gasteiger partial charge in [0, 0.05) is 21.0 Å². The molecule has 0 aliphatic heterocycles. The zero-order chi connectivity index (χ0) is 28.2. The van der Waals surface area contributed by atoms with Crippen LogP contribution >= 0.6 is 15.9 Å². The van der Waals surface area contributed by atoms with Gasteiger partial charge in [0.2, 0.25) is 5.88 Å². The number of aliphatic carboxylic acids is 1. The van der Waals surface area contributed by atoms with Gasteiger partial charge in [0.15, 0.2) is 0 Å². The van der Waals surface area contributed by atoms with Gasteiger partial charge in [-0.05, 0) is 62.4 Å². The molecule has 1 saturated carbocycles. The lowest BCUT2D eigenvalue weighted by atomic mass is 9.57. The standard InChI is InChI=1S/C28H24BrF3N2O5/c1-15-22(18-13-16(29)7-8-20(18)33-24(15)38-2)23(35)34-27-11-9-26(10-12-27,25(36)37)14-19(27)17-5-3-4-6-21(17)39-28(30,31)32/h3-8,13-14H,9-12H2,1-2H3,(H,34,35)(H,36,37). The molecular formula is C28H24BrF3N2O5. The van der Waals surface area contributed by atoms with Gasteiger partial charge in [0.25, 0.3) is 5.91 Å². The fraction of sp³-hybridized carbons (Fsp3) is 0.321. The number of amides is 1. The highest BCUT2D eigenvalue weighted by atomic mass is 79.9. The third-order valence-corrected chi connectivity index (χ3v) is 8.17. The van der Waals surface area contributed by atoms with E-state index in [1.807, 2.05) is 0 Å². The maximum Gasteiger partial charge on any atom is 0.573 e. The summed E-state index contributed by atoms with van der Waals surface area (Å²) in [6.07, 6.45) is -2.57. The molecule has 0 radical (unpaired) electrons. The van der Waals surface area contributed by atoms with E-state index in [1.54, 1.807) is 31.2 Å². The molecule has 11 heteroatoms. The second kappa shape index (κ2) is 9.55. The molecule has 3 aromatic rings. The average molecular weight is 605 g/mol. The quantitative estimate of drug-likeness (QED) is 0.337. The molecule has 2 bridgehead atoms. The molecule has 1 amide bonds. The zero-order valence-corrected chi connectivity index (χ0v) is 22.6. The van der Waals surface area contributed by atoms with Crippen LogP contribution < -0.4 is 14.8 Å². The summed E-state index contributed by atoms with van der Waals surface area (Å²) in [6, 6.07) is 10.9. The molecule has 39 heavy (non-hydrogen) atoms. The Morgan fingerprint density at radius 2 is 1.79 bits per heavy atom. The van der Waals surface area contributed by atoms with Gasteiger partial charge in [-0.2, -0.15) is 0 Å². The first kappa shape index (κ1) is 27.0. The second-order valence-corrected chi connectivity index (χ2v) is 10.8. The van der Waals surface area contributed by atoms with Crippen molar-refractivity contribution in [1.29, 1.82) is 0 Å². The minimum absolute atomic E-state index is 0.0804. The van der Waals surface area contributed by atoms with Crippen molar-refractivity contribution in [2.45, 2.75) is 44.5 Å². The minimum Gasteiger partial charge on any atom is -0.481 e. The number of carboxylic acid groups (broad SMARTS) is 1. The van der Waals surface area contributed by atoms with Gasteiger partial charge in [-0.1, -0.05) is 40.2 Å². The van der Waals surface area contributed by atoms with Gasteiger partial charge in [-0.15, -0.1) is 13.2 Å². The Balaban J connectivity index is 1.66. The number of carbonyl (C=O) groups is 2. The molecule has 1 fully saturated rings. The zero-order valence-electron chi connectivity index (χ0n) is 21.0. The number of hydrogen-bond acceptors (Lipinski definition) is 5. The maximum atomic E-state index is 14.0. The average Bonchev–Trinajstić information content (AvgIpc) is 2.88. The molecule has 2 aromatic carbocycles. The number of fused-ring (bicyclic) bond motifs is 3. The summed E-state index contributed by atoms with van der Waals surface area (Å²) in [5, 5.41) is 13.7. The van der Waals surface area contributed by atoms with Crippen LogP contribution in [0.15, 0.2) is 53.0 Å². The Morgan fingerprint density at radius 1 is 1.10 bits per heavy atom. The monoisotopic (exact) mass is 604 g/mol. The summed E-state index contributed by atoms with van der Waals surface area (Å²) < 4.78 is 50.3. The van der Waals surface area contributed by atoms with E-state index < -0.39 is 34.9 Å². The normalized spacial score (nSPS) is 22.4. The van der Waals surface area contributed by atoms with Crippen molar-refractivity contribution in [1.82, 2.24) is 10.3 Å². The number of carboxylic acids is 1. The van der Waals surface area contributed by atoms with E-state index >= 15 is 0 Å². The van der Waals surface area contributed by atoms with Crippen LogP contribution in [0.4, 0.5) is 13.2 Å². The summed E-state index contributed by atoms with van der Waals surface area (Å²) in [5.74, 6) is -1.72. The first-order valence-corrected chi connectivity index (χ1v) is 13.0. The Labute approximate surface area is 230 Å². The molecule has 3 aliphatic rings. The van der Waals surface area contributed by atoms with Gasteiger partial charge in [0.1, 0.15) is 5.75 Å². The molecule has 0 saturated heterocycles. The van der Waals surface area contributed by atoms with Crippen LogP contribution in [0.5, 0.6) is 11.6 Å². The molecular weight excluding hydrogens is 581 g/mol. The lowest BCUT2D eigenvalue weighted by Gasteiger charge is -2.51. The highest BCUT2D eigenvalue weighted by Gasteiger charge is 2.54. The van der Waals surface area contributed by atoms with Crippen LogP contribution in [0.3, 0.4) is 0 Å². The van der Waals surface area contributed by atoms with Crippen LogP contribution in [0.2, 0.25) is 0 Å². The fourth-order valence-corrected chi connectivity index (χ4v) is 6.10. The first-order valence-electron chi connectivity index (χ1n) is 12.2. The van der Waals surface area contributed by atoms with Crippen molar-refractivity contribution in [2.75, 3.05) is 7.11 Å². The van der Waals surface area contributed by atoms with E-state index in [1.165, 1.54) is 31.4 Å². The molecule has 204 valence electrons. The third kappa shape index (κ3) is 4.73. The van der Waals surface area contributed by atoms with E-state index in [2.05, 4.69) is 31.0 Å². The van der Waals surface area contributed by atoms with Crippen molar-refractivity contribution >= 4 is 44.3 Å². The highest BCUT2D eigenvalue weighted by Crippen LogP contribution is 2.55. The summed E-state index contributed by atoms with van der Waals surface area (Å²) >= 11 is 3.44. The van der Waals surface area contributed by atoms with Crippen LogP contribution in [-0.2, 0) is 4.79 Å². The fourth-order valence-electron chi connectivity index (χ4n) is 5.74. The predicted molar refractivity (Wildman–Crippen MR) is 141 cm³/mol. The van der Waals surface area contributed by atoms with Gasteiger partial charge < -0.3 is 19.9 Å². The SMILES string of the molecule is COc1nc2ccc(Br)cc2c(C(=O)NC23CCC(C(=O)O)(C=C2c2ccccc2OC(F)(F)F)CC3)c1C. The van der Waals surface area contributed by atoms with Gasteiger partial charge in [0.05, 0.1) is 29.1 Å². The van der Waals surface area contributed by atoms with Crippen molar-refractivity contribution < 1.29 is 37.3 Å². The van der Waals surface area contributed by atoms with Crippen molar-refractivity contribution in [3.8, 4) is 11.6 Å². The van der Waals surface area contributed by atoms with Crippen molar-refractivity contribution in [3.63, 3.8) is 0 Å². The van der Waals surface area contributed by atoms with Gasteiger partial charge in [-0.25, -0.2) is 4.98 Å². The Kier molecular flexibility index (Phi) is 6.61. The first-order chi connectivity index (χ1) is 18.4. The number of carbonyl (C=O) groups excluding carboxylic acids is 1. The summed E-state index contributed by atoms with van der Waals surface area (Å²) in [4.78, 5) is 30.8. The molecule has 6 rings (SSSR count). The molecule has 3 aliphatic carbocycles. The predicted octanol–water partition coefficient (Wildman–Crippen LogP) is 6.42. The minimum atomic E-state index is -4.96. The largest absolute Gasteiger partial charge is 0.573 e. The number of nitrogens with zero attached hydrogens (tertiary/aromatic N) is 1. The molecule has 2 N–H and O–H groups in total. The van der Waals surface area contributed by atoms with Crippen molar-refractivity contribution in [3.05, 3.63) is 69.7 Å². The molecule has 1 heterocycles. The number of para-hydroxylation sites is 1. The molecule has 7 nitrogen and oxygen atoms in total. The van der Waals surface area contributed by atoms with Crippen molar-refractivity contribution in [2.24, 2.45) is 5.41 Å². The topological polar surface area (TPSA) is 97.8 Å². The number of alkyl halides is 3. The summed E-state index contributed by atoms with van der Waals surface area (Å²) in [6.45, 7) is 1.71. The van der Waals surface area contributed by atoms with E-state index in [-0.39, 0.29) is 37.1 Å².